The van der Waals surface area contributed by atoms with Crippen LogP contribution in [0.3, 0.4) is 0 Å². The number of halogens is 1. The van der Waals surface area contributed by atoms with Crippen LogP contribution in [-0.4, -0.2) is 23.3 Å². The molecule has 1 saturated heterocycles. The van der Waals surface area contributed by atoms with Crippen LogP contribution in [0.2, 0.25) is 0 Å². The number of carbonyl (C=O) groups is 1. The number of rotatable bonds is 3. The van der Waals surface area contributed by atoms with Gasteiger partial charge >= 0.3 is 5.97 Å². The van der Waals surface area contributed by atoms with Gasteiger partial charge < -0.3 is 10.4 Å². The fraction of sp³-hybridized carbons (Fsp3) is 0.222. The highest BCUT2D eigenvalue weighted by Crippen LogP contribution is 2.11. The molecule has 2 atom stereocenters. The van der Waals surface area contributed by atoms with Gasteiger partial charge in [-0.15, -0.1) is 0 Å². The molecule has 0 amide bonds. The lowest BCUT2D eigenvalue weighted by Crippen LogP contribution is -2.45. The first-order valence-electron chi connectivity index (χ1n) is 4.68. The van der Waals surface area contributed by atoms with Crippen molar-refractivity contribution in [2.75, 3.05) is 5.32 Å². The maximum absolute atomic E-state index is 12.6. The number of hydrogen-bond donors (Lipinski definition) is 5. The van der Waals surface area contributed by atoms with Gasteiger partial charge in [-0.2, -0.15) is 5.53 Å². The van der Waals surface area contributed by atoms with E-state index >= 15 is 0 Å². The highest BCUT2D eigenvalue weighted by molar-refractivity contribution is 5.75. The zero-order chi connectivity index (χ0) is 11.5. The third kappa shape index (κ3) is 2.27. The molecular weight excluding hydrogens is 215 g/mol. The monoisotopic (exact) mass is 226 g/mol. The second-order valence-corrected chi connectivity index (χ2v) is 3.36. The summed E-state index contributed by atoms with van der Waals surface area (Å²) >= 11 is 0. The first-order chi connectivity index (χ1) is 7.66. The second-order valence-electron chi connectivity index (χ2n) is 3.36. The standard InChI is InChI=1S/C9H11FN4O2/c10-5-1-3-6(4-2-5)11-8-7(9(15)16)12-14-13-8/h1-4,7-8,11-14H,(H,15,16). The van der Waals surface area contributed by atoms with Crippen LogP contribution in [0.1, 0.15) is 0 Å². The molecule has 2 rings (SSSR count). The third-order valence-corrected chi connectivity index (χ3v) is 2.22. The van der Waals surface area contributed by atoms with Gasteiger partial charge in [0.25, 0.3) is 0 Å². The largest absolute Gasteiger partial charge is 0.480 e. The van der Waals surface area contributed by atoms with E-state index in [0.29, 0.717) is 5.69 Å². The molecule has 0 aromatic heterocycles. The number of aliphatic carboxylic acids is 1. The van der Waals surface area contributed by atoms with Crippen molar-refractivity contribution in [3.8, 4) is 0 Å². The zero-order valence-electron chi connectivity index (χ0n) is 8.20. The second kappa shape index (κ2) is 4.44. The molecule has 1 aliphatic heterocycles. The van der Waals surface area contributed by atoms with Crippen LogP contribution in [-0.2, 0) is 4.79 Å². The lowest BCUT2D eigenvalue weighted by Gasteiger charge is -2.16. The topological polar surface area (TPSA) is 85.4 Å². The van der Waals surface area contributed by atoms with Crippen LogP contribution in [0.4, 0.5) is 10.1 Å². The van der Waals surface area contributed by atoms with Gasteiger partial charge in [-0.1, -0.05) is 0 Å². The lowest BCUT2D eigenvalue weighted by molar-refractivity contribution is -0.139. The average Bonchev–Trinajstić information content (AvgIpc) is 2.69. The highest BCUT2D eigenvalue weighted by atomic mass is 19.1. The minimum absolute atomic E-state index is 0.337. The molecule has 1 heterocycles. The van der Waals surface area contributed by atoms with Crippen LogP contribution in [0.25, 0.3) is 0 Å². The fourth-order valence-electron chi connectivity index (χ4n) is 1.41. The van der Waals surface area contributed by atoms with E-state index in [2.05, 4.69) is 21.7 Å². The fourth-order valence-corrected chi connectivity index (χ4v) is 1.41. The molecule has 2 unspecified atom stereocenters. The summed E-state index contributed by atoms with van der Waals surface area (Å²) in [6.07, 6.45) is -0.511. The minimum atomic E-state index is -0.989. The number of hydrogen-bond acceptors (Lipinski definition) is 5. The van der Waals surface area contributed by atoms with Crippen molar-refractivity contribution in [1.29, 1.82) is 0 Å². The van der Waals surface area contributed by atoms with Gasteiger partial charge in [0, 0.05) is 5.69 Å². The van der Waals surface area contributed by atoms with E-state index in [4.69, 9.17) is 5.11 Å². The quantitative estimate of drug-likeness (QED) is 0.483. The molecule has 1 aromatic carbocycles. The van der Waals surface area contributed by atoms with Gasteiger partial charge in [-0.3, -0.25) is 4.79 Å². The molecule has 7 heteroatoms. The van der Waals surface area contributed by atoms with Crippen LogP contribution < -0.4 is 21.7 Å². The van der Waals surface area contributed by atoms with Crippen molar-refractivity contribution in [2.24, 2.45) is 0 Å². The van der Waals surface area contributed by atoms with Crippen molar-refractivity contribution >= 4 is 11.7 Å². The SMILES string of the molecule is O=C(O)C1NNNC1Nc1ccc(F)cc1. The summed E-state index contributed by atoms with van der Waals surface area (Å²) in [5, 5.41) is 11.8. The molecular formula is C9H11FN4O2. The molecule has 5 N–H and O–H groups in total. The van der Waals surface area contributed by atoms with Gasteiger partial charge in [-0.05, 0) is 24.3 Å². The smallest absolute Gasteiger partial charge is 0.325 e. The Bertz CT molecular complexity index is 384. The number of carboxylic acids is 1. The maximum atomic E-state index is 12.6. The molecule has 0 aliphatic carbocycles. The van der Waals surface area contributed by atoms with E-state index in [9.17, 15) is 9.18 Å². The summed E-state index contributed by atoms with van der Waals surface area (Å²) in [4.78, 5) is 10.8. The molecule has 16 heavy (non-hydrogen) atoms. The highest BCUT2D eigenvalue weighted by Gasteiger charge is 2.32. The Morgan fingerprint density at radius 1 is 1.31 bits per heavy atom. The Hall–Kier alpha value is -1.70. The average molecular weight is 226 g/mol. The molecule has 0 spiro atoms. The molecule has 1 fully saturated rings. The van der Waals surface area contributed by atoms with Gasteiger partial charge in [0.15, 0.2) is 6.04 Å². The Kier molecular flexibility index (Phi) is 3.00. The van der Waals surface area contributed by atoms with E-state index in [-0.39, 0.29) is 5.82 Å². The van der Waals surface area contributed by atoms with E-state index in [1.54, 1.807) is 0 Å². The number of benzene rings is 1. The van der Waals surface area contributed by atoms with Crippen molar-refractivity contribution in [3.05, 3.63) is 30.1 Å². The molecule has 1 aromatic rings. The summed E-state index contributed by atoms with van der Waals surface area (Å²) in [5.74, 6) is -1.33. The number of carboxylic acid groups (broad SMARTS) is 1. The number of anilines is 1. The Labute approximate surface area is 90.8 Å². The Balaban J connectivity index is 2.03. The molecule has 1 aliphatic rings. The van der Waals surface area contributed by atoms with Crippen LogP contribution in [0.5, 0.6) is 0 Å². The first kappa shape index (κ1) is 10.8. The van der Waals surface area contributed by atoms with E-state index in [0.717, 1.165) is 0 Å². The van der Waals surface area contributed by atoms with Crippen LogP contribution >= 0.6 is 0 Å². The van der Waals surface area contributed by atoms with Crippen molar-refractivity contribution in [3.63, 3.8) is 0 Å². The molecule has 0 radical (unpaired) electrons. The molecule has 0 saturated carbocycles. The summed E-state index contributed by atoms with van der Waals surface area (Å²) in [6, 6.07) is 4.87. The minimum Gasteiger partial charge on any atom is -0.480 e. The predicted octanol–water partition coefficient (Wildman–Crippen LogP) is -0.371. The molecule has 0 bridgehead atoms. The molecule has 6 nitrogen and oxygen atoms in total. The summed E-state index contributed by atoms with van der Waals surface area (Å²) in [5.41, 5.74) is 8.40. The van der Waals surface area contributed by atoms with E-state index in [1.165, 1.54) is 24.3 Å². The third-order valence-electron chi connectivity index (χ3n) is 2.22. The first-order valence-corrected chi connectivity index (χ1v) is 4.68. The zero-order valence-corrected chi connectivity index (χ0v) is 8.20. The Morgan fingerprint density at radius 3 is 2.62 bits per heavy atom. The summed E-state index contributed by atoms with van der Waals surface area (Å²) in [6.45, 7) is 0. The maximum Gasteiger partial charge on any atom is 0.325 e. The van der Waals surface area contributed by atoms with E-state index in [1.807, 2.05) is 0 Å². The van der Waals surface area contributed by atoms with Crippen LogP contribution in [0.15, 0.2) is 24.3 Å². The van der Waals surface area contributed by atoms with E-state index < -0.39 is 18.2 Å². The van der Waals surface area contributed by atoms with Gasteiger partial charge in [0.2, 0.25) is 0 Å². The Morgan fingerprint density at radius 2 is 2.00 bits per heavy atom. The lowest BCUT2D eigenvalue weighted by atomic mass is 10.2. The summed E-state index contributed by atoms with van der Waals surface area (Å²) in [7, 11) is 0. The van der Waals surface area contributed by atoms with Crippen LogP contribution in [0, 0.1) is 5.82 Å². The van der Waals surface area contributed by atoms with Gasteiger partial charge in [-0.25, -0.2) is 15.2 Å². The number of nitrogens with one attached hydrogen (secondary N) is 4. The normalized spacial score (nSPS) is 24.3. The predicted molar refractivity (Wildman–Crippen MR) is 54.6 cm³/mol. The van der Waals surface area contributed by atoms with Gasteiger partial charge in [0.1, 0.15) is 12.0 Å². The van der Waals surface area contributed by atoms with Crippen molar-refractivity contribution < 1.29 is 14.3 Å². The molecule has 86 valence electrons. The van der Waals surface area contributed by atoms with Crippen molar-refractivity contribution in [2.45, 2.75) is 12.2 Å². The van der Waals surface area contributed by atoms with Gasteiger partial charge in [0.05, 0.1) is 0 Å². The van der Waals surface area contributed by atoms with Crippen molar-refractivity contribution in [1.82, 2.24) is 16.4 Å². The summed E-state index contributed by atoms with van der Waals surface area (Å²) < 4.78 is 12.6. The number of hydrazine groups is 2.